The minimum atomic E-state index is 0.125. The highest BCUT2D eigenvalue weighted by atomic mass is 35.5. The fourth-order valence-electron chi connectivity index (χ4n) is 4.11. The molecule has 1 aliphatic carbocycles. The summed E-state index contributed by atoms with van der Waals surface area (Å²) in [6, 6.07) is 9.49. The third-order valence-electron chi connectivity index (χ3n) is 5.90. The van der Waals surface area contributed by atoms with Gasteiger partial charge in [0.2, 0.25) is 0 Å². The maximum Gasteiger partial charge on any atom is 0.0477 e. The Morgan fingerprint density at radius 1 is 0.667 bits per heavy atom. The van der Waals surface area contributed by atoms with Gasteiger partial charge in [0.05, 0.1) is 0 Å². The number of rotatable bonds is 2. The Morgan fingerprint density at radius 2 is 1.04 bits per heavy atom. The van der Waals surface area contributed by atoms with Gasteiger partial charge in [0.1, 0.15) is 0 Å². The van der Waals surface area contributed by atoms with E-state index >= 15 is 0 Å². The lowest BCUT2D eigenvalue weighted by molar-refractivity contribution is 0.588. The van der Waals surface area contributed by atoms with Gasteiger partial charge >= 0.3 is 0 Å². The fourth-order valence-corrected chi connectivity index (χ4v) is 4.59. The molecule has 0 fully saturated rings. The van der Waals surface area contributed by atoms with Crippen LogP contribution in [0.1, 0.15) is 86.1 Å². The molecule has 2 heteroatoms. The average Bonchev–Trinajstić information content (AvgIpc) is 2.77. The summed E-state index contributed by atoms with van der Waals surface area (Å²) >= 11 is 12.7. The standard InChI is InChI=1S/C25H32Cl2/c1-24(2,3)20-10-16-9-17-11-21(25(4,5)6)13-19(15-27)23(17)8-7-22(16)18(12-20)14-26/h10-13H,7-9,14-15H2,1-6H3. The Morgan fingerprint density at radius 3 is 1.33 bits per heavy atom. The molecule has 0 aliphatic heterocycles. The molecule has 0 saturated carbocycles. The van der Waals surface area contributed by atoms with E-state index in [4.69, 9.17) is 23.2 Å². The van der Waals surface area contributed by atoms with Gasteiger partial charge in [-0.25, -0.2) is 0 Å². The number of alkyl halides is 2. The minimum absolute atomic E-state index is 0.125. The molecule has 0 N–H and O–H groups in total. The lowest BCUT2D eigenvalue weighted by Gasteiger charge is -2.24. The number of hydrogen-bond donors (Lipinski definition) is 0. The summed E-state index contributed by atoms with van der Waals surface area (Å²) in [6.45, 7) is 13.7. The van der Waals surface area contributed by atoms with Crippen LogP contribution in [0.4, 0.5) is 0 Å². The van der Waals surface area contributed by atoms with Gasteiger partial charge in [0.25, 0.3) is 0 Å². The molecule has 0 radical (unpaired) electrons. The van der Waals surface area contributed by atoms with Gasteiger partial charge in [-0.3, -0.25) is 0 Å². The van der Waals surface area contributed by atoms with Crippen molar-refractivity contribution in [3.63, 3.8) is 0 Å². The van der Waals surface area contributed by atoms with E-state index in [9.17, 15) is 0 Å². The van der Waals surface area contributed by atoms with Crippen molar-refractivity contribution in [1.29, 1.82) is 0 Å². The third kappa shape index (κ3) is 4.22. The van der Waals surface area contributed by atoms with Gasteiger partial charge in [0, 0.05) is 11.8 Å². The van der Waals surface area contributed by atoms with E-state index in [-0.39, 0.29) is 10.8 Å². The van der Waals surface area contributed by atoms with E-state index in [1.165, 1.54) is 44.5 Å². The Kier molecular flexibility index (Phi) is 5.72. The molecule has 146 valence electrons. The number of fused-ring (bicyclic) bond motifs is 2. The molecule has 0 amide bonds. The molecular formula is C25H32Cl2. The molecule has 0 atom stereocenters. The monoisotopic (exact) mass is 402 g/mol. The second kappa shape index (κ2) is 7.45. The van der Waals surface area contributed by atoms with Crippen LogP contribution in [0.15, 0.2) is 24.3 Å². The maximum absolute atomic E-state index is 6.37. The van der Waals surface area contributed by atoms with Crippen LogP contribution in [-0.4, -0.2) is 0 Å². The first kappa shape index (κ1) is 20.7. The first-order valence-corrected chi connectivity index (χ1v) is 11.0. The second-order valence-electron chi connectivity index (χ2n) is 9.99. The lowest BCUT2D eigenvalue weighted by Crippen LogP contribution is -2.14. The zero-order valence-electron chi connectivity index (χ0n) is 17.6. The summed E-state index contributed by atoms with van der Waals surface area (Å²) in [6.07, 6.45) is 3.08. The van der Waals surface area contributed by atoms with Crippen LogP contribution in [0.5, 0.6) is 0 Å². The summed E-state index contributed by atoms with van der Waals surface area (Å²) in [5.74, 6) is 1.16. The quantitative estimate of drug-likeness (QED) is 0.457. The van der Waals surface area contributed by atoms with Crippen LogP contribution in [0.2, 0.25) is 0 Å². The van der Waals surface area contributed by atoms with Crippen molar-refractivity contribution < 1.29 is 0 Å². The van der Waals surface area contributed by atoms with Crippen molar-refractivity contribution in [2.24, 2.45) is 0 Å². The van der Waals surface area contributed by atoms with Gasteiger partial charge in [0.15, 0.2) is 0 Å². The van der Waals surface area contributed by atoms with Gasteiger partial charge < -0.3 is 0 Å². The van der Waals surface area contributed by atoms with E-state index in [0.29, 0.717) is 11.8 Å². The Bertz CT molecular complexity index is 777. The molecule has 0 aromatic heterocycles. The van der Waals surface area contributed by atoms with E-state index in [1.54, 1.807) is 0 Å². The summed E-state index contributed by atoms with van der Waals surface area (Å²) in [4.78, 5) is 0. The Labute approximate surface area is 175 Å². The zero-order valence-corrected chi connectivity index (χ0v) is 19.1. The topological polar surface area (TPSA) is 0 Å². The molecule has 1 aliphatic rings. The highest BCUT2D eigenvalue weighted by Crippen LogP contribution is 2.36. The van der Waals surface area contributed by atoms with Crippen LogP contribution < -0.4 is 0 Å². The summed E-state index contributed by atoms with van der Waals surface area (Å²) in [7, 11) is 0. The first-order valence-electron chi connectivity index (χ1n) is 9.97. The third-order valence-corrected chi connectivity index (χ3v) is 6.47. The van der Waals surface area contributed by atoms with Gasteiger partial charge in [-0.1, -0.05) is 65.8 Å². The van der Waals surface area contributed by atoms with E-state index < -0.39 is 0 Å². The van der Waals surface area contributed by atoms with Crippen molar-refractivity contribution in [2.45, 2.75) is 83.4 Å². The highest BCUT2D eigenvalue weighted by Gasteiger charge is 2.24. The van der Waals surface area contributed by atoms with Gasteiger partial charge in [-0.05, 0) is 74.6 Å². The van der Waals surface area contributed by atoms with Crippen LogP contribution in [0.25, 0.3) is 0 Å². The van der Waals surface area contributed by atoms with Crippen molar-refractivity contribution in [2.75, 3.05) is 0 Å². The SMILES string of the molecule is CC(C)(C)c1cc(CCl)c2c(c1)Cc1cc(C(C)(C)C)cc(CCl)c1CC2. The van der Waals surface area contributed by atoms with Crippen LogP contribution in [0, 0.1) is 0 Å². The lowest BCUT2D eigenvalue weighted by atomic mass is 9.81. The molecule has 2 aromatic rings. The Hall–Kier alpha value is -0.980. The molecule has 0 bridgehead atoms. The van der Waals surface area contributed by atoms with Crippen LogP contribution in [0.3, 0.4) is 0 Å². The summed E-state index contributed by atoms with van der Waals surface area (Å²) < 4.78 is 0. The second-order valence-corrected chi connectivity index (χ2v) is 10.5. The van der Waals surface area contributed by atoms with Crippen LogP contribution >= 0.6 is 23.2 Å². The average molecular weight is 403 g/mol. The Balaban J connectivity index is 2.18. The van der Waals surface area contributed by atoms with Gasteiger partial charge in [-0.15, -0.1) is 23.2 Å². The molecule has 3 rings (SSSR count). The molecule has 0 saturated heterocycles. The maximum atomic E-state index is 6.37. The highest BCUT2D eigenvalue weighted by molar-refractivity contribution is 6.17. The molecule has 27 heavy (non-hydrogen) atoms. The summed E-state index contributed by atoms with van der Waals surface area (Å²) in [5.41, 5.74) is 11.4. The number of benzene rings is 2. The van der Waals surface area contributed by atoms with E-state index in [1.807, 2.05) is 0 Å². The van der Waals surface area contributed by atoms with Gasteiger partial charge in [-0.2, -0.15) is 0 Å². The first-order chi connectivity index (χ1) is 12.5. The largest absolute Gasteiger partial charge is 0.122 e. The molecule has 0 unspecified atom stereocenters. The van der Waals surface area contributed by atoms with Crippen molar-refractivity contribution in [3.8, 4) is 0 Å². The number of hydrogen-bond acceptors (Lipinski definition) is 0. The van der Waals surface area contributed by atoms with E-state index in [2.05, 4.69) is 65.8 Å². The summed E-state index contributed by atoms with van der Waals surface area (Å²) in [5, 5.41) is 0. The zero-order chi connectivity index (χ0) is 20.0. The molecule has 2 aromatic carbocycles. The fraction of sp³-hybridized carbons (Fsp3) is 0.520. The van der Waals surface area contributed by atoms with Crippen molar-refractivity contribution in [1.82, 2.24) is 0 Å². The number of halogens is 2. The molecule has 0 spiro atoms. The normalized spacial score (nSPS) is 14.5. The predicted molar refractivity (Wildman–Crippen MR) is 120 cm³/mol. The van der Waals surface area contributed by atoms with Crippen LogP contribution in [-0.2, 0) is 41.9 Å². The predicted octanol–water partition coefficient (Wildman–Crippen LogP) is 7.45. The smallest absolute Gasteiger partial charge is 0.0477 e. The minimum Gasteiger partial charge on any atom is -0.122 e. The molecule has 0 nitrogen and oxygen atoms in total. The van der Waals surface area contributed by atoms with Crippen molar-refractivity contribution in [3.05, 3.63) is 68.8 Å². The van der Waals surface area contributed by atoms with E-state index in [0.717, 1.165) is 19.3 Å². The van der Waals surface area contributed by atoms with Crippen molar-refractivity contribution >= 4 is 23.2 Å². The molecular weight excluding hydrogens is 371 g/mol. The molecule has 0 heterocycles.